The molecule has 2 aromatic rings. The largest absolute Gasteiger partial charge is 0.397 e. The Kier molecular flexibility index (Phi) is 4.62. The fraction of sp³-hybridized carbons (Fsp3) is 0.375. The van der Waals surface area contributed by atoms with Crippen molar-refractivity contribution in [3.63, 3.8) is 0 Å². The van der Waals surface area contributed by atoms with Crippen LogP contribution in [0, 0.1) is 11.8 Å². The molecule has 0 spiro atoms. The van der Waals surface area contributed by atoms with Crippen LogP contribution in [-0.4, -0.2) is 22.2 Å². The Hall–Kier alpha value is -2.30. The van der Waals surface area contributed by atoms with Crippen molar-refractivity contribution in [1.29, 1.82) is 0 Å². The Labute approximate surface area is 125 Å². The van der Waals surface area contributed by atoms with Gasteiger partial charge in [-0.3, -0.25) is 4.79 Å². The summed E-state index contributed by atoms with van der Waals surface area (Å²) in [5, 5.41) is 7.20. The molecule has 3 N–H and O–H groups in total. The van der Waals surface area contributed by atoms with Crippen molar-refractivity contribution in [3.05, 3.63) is 42.2 Å². The molecule has 0 aliphatic heterocycles. The molecule has 112 valence electrons. The number of nitrogen functional groups attached to an aromatic ring is 1. The van der Waals surface area contributed by atoms with E-state index in [2.05, 4.69) is 31.2 Å². The van der Waals surface area contributed by atoms with E-state index in [4.69, 9.17) is 5.73 Å². The van der Waals surface area contributed by atoms with Gasteiger partial charge in [0.05, 0.1) is 11.4 Å². The Bertz CT molecular complexity index is 618. The lowest BCUT2D eigenvalue weighted by Crippen LogP contribution is -2.30. The van der Waals surface area contributed by atoms with Gasteiger partial charge in [-0.2, -0.15) is 5.10 Å². The third-order valence-electron chi connectivity index (χ3n) is 3.73. The van der Waals surface area contributed by atoms with Gasteiger partial charge < -0.3 is 11.1 Å². The van der Waals surface area contributed by atoms with Crippen molar-refractivity contribution in [2.45, 2.75) is 20.8 Å². The zero-order valence-corrected chi connectivity index (χ0v) is 12.7. The number of hydrogen-bond donors (Lipinski definition) is 2. The minimum absolute atomic E-state index is 0.157. The van der Waals surface area contributed by atoms with Crippen LogP contribution in [0.3, 0.4) is 0 Å². The van der Waals surface area contributed by atoms with Gasteiger partial charge in [0.2, 0.25) is 0 Å². The highest BCUT2D eigenvalue weighted by Gasteiger charge is 2.13. The monoisotopic (exact) mass is 286 g/mol. The molecule has 1 atom stereocenters. The van der Waals surface area contributed by atoms with Gasteiger partial charge in [-0.1, -0.05) is 32.9 Å². The van der Waals surface area contributed by atoms with Crippen LogP contribution in [0.5, 0.6) is 0 Å². The summed E-state index contributed by atoms with van der Waals surface area (Å²) in [4.78, 5) is 12.1. The molecular formula is C16H22N4O. The van der Waals surface area contributed by atoms with Gasteiger partial charge in [-0.15, -0.1) is 0 Å². The quantitative estimate of drug-likeness (QED) is 0.829. The van der Waals surface area contributed by atoms with E-state index in [1.807, 2.05) is 18.2 Å². The summed E-state index contributed by atoms with van der Waals surface area (Å²) in [6.07, 6.45) is 1.74. The molecule has 1 aromatic heterocycles. The van der Waals surface area contributed by atoms with Crippen LogP contribution in [0.15, 0.2) is 36.5 Å². The fourth-order valence-corrected chi connectivity index (χ4v) is 1.86. The first kappa shape index (κ1) is 15.1. The third-order valence-corrected chi connectivity index (χ3v) is 3.73. The number of rotatable bonds is 5. The number of aromatic nitrogens is 2. The van der Waals surface area contributed by atoms with Gasteiger partial charge in [-0.05, 0) is 30.0 Å². The zero-order chi connectivity index (χ0) is 15.4. The predicted octanol–water partition coefficient (Wildman–Crippen LogP) is 2.48. The van der Waals surface area contributed by atoms with Crippen molar-refractivity contribution in [2.75, 3.05) is 12.3 Å². The summed E-state index contributed by atoms with van der Waals surface area (Å²) in [6, 6.07) is 9.12. The van der Waals surface area contributed by atoms with Crippen LogP contribution >= 0.6 is 0 Å². The number of carbonyl (C=O) groups excluding carboxylic acids is 1. The maximum absolute atomic E-state index is 12.1. The number of nitrogens with zero attached hydrogens (tertiary/aromatic N) is 2. The summed E-state index contributed by atoms with van der Waals surface area (Å²) in [5.41, 5.74) is 7.70. The number of nitrogens with one attached hydrogen (secondary N) is 1. The summed E-state index contributed by atoms with van der Waals surface area (Å²) >= 11 is 0. The molecule has 0 fully saturated rings. The van der Waals surface area contributed by atoms with Crippen molar-refractivity contribution >= 4 is 11.6 Å². The highest BCUT2D eigenvalue weighted by Crippen LogP contribution is 2.15. The highest BCUT2D eigenvalue weighted by atomic mass is 16.1. The molecule has 5 heteroatoms. The van der Waals surface area contributed by atoms with Crippen LogP contribution in [0.4, 0.5) is 5.69 Å². The summed E-state index contributed by atoms with van der Waals surface area (Å²) < 4.78 is 1.62. The lowest BCUT2D eigenvalue weighted by Gasteiger charge is -2.15. The van der Waals surface area contributed by atoms with Gasteiger partial charge in [0, 0.05) is 12.7 Å². The SMILES string of the molecule is CC(C)C(C)CNC(=O)c1ccn(-c2ccccc2N)n1. The lowest BCUT2D eigenvalue weighted by molar-refractivity contribution is 0.0939. The molecule has 21 heavy (non-hydrogen) atoms. The van der Waals surface area contributed by atoms with Gasteiger partial charge in [-0.25, -0.2) is 4.68 Å². The maximum atomic E-state index is 12.1. The predicted molar refractivity (Wildman–Crippen MR) is 84.3 cm³/mol. The number of anilines is 1. The molecule has 1 unspecified atom stereocenters. The molecule has 0 aliphatic carbocycles. The fourth-order valence-electron chi connectivity index (χ4n) is 1.86. The number of hydrogen-bond acceptors (Lipinski definition) is 3. The molecule has 0 saturated carbocycles. The number of benzene rings is 1. The summed E-state index contributed by atoms with van der Waals surface area (Å²) in [5.74, 6) is 0.809. The standard InChI is InChI=1S/C16H22N4O/c1-11(2)12(3)10-18-16(21)14-8-9-20(19-14)15-7-5-4-6-13(15)17/h4-9,11-12H,10,17H2,1-3H3,(H,18,21). The molecule has 1 amide bonds. The second kappa shape index (κ2) is 6.43. The molecule has 0 aliphatic rings. The summed E-state index contributed by atoms with van der Waals surface area (Å²) in [7, 11) is 0. The molecule has 0 bridgehead atoms. The van der Waals surface area contributed by atoms with Crippen LogP contribution in [0.1, 0.15) is 31.3 Å². The van der Waals surface area contributed by atoms with Gasteiger partial charge >= 0.3 is 0 Å². The second-order valence-corrected chi connectivity index (χ2v) is 5.64. The number of carbonyl (C=O) groups is 1. The summed E-state index contributed by atoms with van der Waals surface area (Å²) in [6.45, 7) is 7.05. The van der Waals surface area contributed by atoms with Crippen LogP contribution in [0.25, 0.3) is 5.69 Å². The molecule has 2 rings (SSSR count). The minimum atomic E-state index is -0.157. The molecular weight excluding hydrogens is 264 g/mol. The maximum Gasteiger partial charge on any atom is 0.271 e. The van der Waals surface area contributed by atoms with E-state index < -0.39 is 0 Å². The normalized spacial score (nSPS) is 12.4. The van der Waals surface area contributed by atoms with Gasteiger partial charge in [0.25, 0.3) is 5.91 Å². The average molecular weight is 286 g/mol. The first-order valence-electron chi connectivity index (χ1n) is 7.17. The molecule has 5 nitrogen and oxygen atoms in total. The Morgan fingerprint density at radius 1 is 1.29 bits per heavy atom. The molecule has 1 heterocycles. The van der Waals surface area contributed by atoms with E-state index in [1.165, 1.54) is 0 Å². The van der Waals surface area contributed by atoms with Crippen molar-refractivity contribution in [3.8, 4) is 5.69 Å². The molecule has 0 saturated heterocycles. The molecule has 1 aromatic carbocycles. The zero-order valence-electron chi connectivity index (χ0n) is 12.7. The van der Waals surface area contributed by atoms with Gasteiger partial charge in [0.15, 0.2) is 5.69 Å². The third kappa shape index (κ3) is 3.62. The number of para-hydroxylation sites is 2. The Morgan fingerprint density at radius 3 is 2.67 bits per heavy atom. The van der Waals surface area contributed by atoms with E-state index in [0.29, 0.717) is 29.8 Å². The van der Waals surface area contributed by atoms with Crippen LogP contribution in [0.2, 0.25) is 0 Å². The molecule has 0 radical (unpaired) electrons. The van der Waals surface area contributed by atoms with Crippen molar-refractivity contribution in [2.24, 2.45) is 11.8 Å². The van der Waals surface area contributed by atoms with E-state index in [1.54, 1.807) is 23.0 Å². The van der Waals surface area contributed by atoms with Crippen molar-refractivity contribution < 1.29 is 4.79 Å². The van der Waals surface area contributed by atoms with E-state index >= 15 is 0 Å². The number of nitrogens with two attached hydrogens (primary N) is 1. The lowest BCUT2D eigenvalue weighted by atomic mass is 9.98. The Morgan fingerprint density at radius 2 is 2.00 bits per heavy atom. The van der Waals surface area contributed by atoms with Crippen LogP contribution in [-0.2, 0) is 0 Å². The topological polar surface area (TPSA) is 72.9 Å². The highest BCUT2D eigenvalue weighted by molar-refractivity contribution is 5.92. The minimum Gasteiger partial charge on any atom is -0.397 e. The smallest absolute Gasteiger partial charge is 0.271 e. The average Bonchev–Trinajstić information content (AvgIpc) is 2.94. The van der Waals surface area contributed by atoms with E-state index in [-0.39, 0.29) is 5.91 Å². The van der Waals surface area contributed by atoms with E-state index in [9.17, 15) is 4.79 Å². The first-order valence-corrected chi connectivity index (χ1v) is 7.17. The number of amides is 1. The van der Waals surface area contributed by atoms with Gasteiger partial charge in [0.1, 0.15) is 0 Å². The van der Waals surface area contributed by atoms with E-state index in [0.717, 1.165) is 5.69 Å². The van der Waals surface area contributed by atoms with Crippen LogP contribution < -0.4 is 11.1 Å². The first-order chi connectivity index (χ1) is 9.99. The van der Waals surface area contributed by atoms with Crippen molar-refractivity contribution in [1.82, 2.24) is 15.1 Å². The Balaban J connectivity index is 2.06. The second-order valence-electron chi connectivity index (χ2n) is 5.64.